The third kappa shape index (κ3) is 11.6. The highest BCUT2D eigenvalue weighted by Crippen LogP contribution is 2.01. The molecule has 0 rings (SSSR count). The molecule has 0 heterocycles. The highest BCUT2D eigenvalue weighted by molar-refractivity contribution is 5.75. The van der Waals surface area contributed by atoms with Gasteiger partial charge in [-0.15, -0.1) is 0 Å². The molecule has 0 aliphatic carbocycles. The molecule has 0 spiro atoms. The van der Waals surface area contributed by atoms with Crippen LogP contribution in [0.1, 0.15) is 45.4 Å². The van der Waals surface area contributed by atoms with Gasteiger partial charge in [-0.2, -0.15) is 0 Å². The van der Waals surface area contributed by atoms with Gasteiger partial charge in [0.25, 0.3) is 0 Å². The topological polar surface area (TPSA) is 46.5 Å². The molecule has 0 unspecified atom stereocenters. The van der Waals surface area contributed by atoms with Crippen LogP contribution in [0.25, 0.3) is 0 Å². The summed E-state index contributed by atoms with van der Waals surface area (Å²) in [6.07, 6.45) is 5.54. The lowest BCUT2D eigenvalue weighted by molar-refractivity contribution is -0.117. The van der Waals surface area contributed by atoms with Crippen LogP contribution in [-0.2, 0) is 9.53 Å². The first-order valence-electron chi connectivity index (χ1n) is 5.45. The predicted molar refractivity (Wildman–Crippen MR) is 56.3 cm³/mol. The lowest BCUT2D eigenvalue weighted by Crippen LogP contribution is -1.98. The Bertz CT molecular complexity index is 134. The summed E-state index contributed by atoms with van der Waals surface area (Å²) in [6.45, 7) is 3.41. The molecule has 0 radical (unpaired) electrons. The number of aliphatic hydroxyl groups is 1. The molecule has 0 aromatic heterocycles. The van der Waals surface area contributed by atoms with Gasteiger partial charge in [0.05, 0.1) is 0 Å². The van der Waals surface area contributed by atoms with Crippen LogP contribution in [0.5, 0.6) is 0 Å². The van der Waals surface area contributed by atoms with Crippen LogP contribution in [0.15, 0.2) is 0 Å². The van der Waals surface area contributed by atoms with Crippen molar-refractivity contribution in [3.05, 3.63) is 0 Å². The molecule has 0 fully saturated rings. The van der Waals surface area contributed by atoms with E-state index in [0.29, 0.717) is 6.42 Å². The Morgan fingerprint density at radius 2 is 1.71 bits per heavy atom. The molecule has 0 aromatic carbocycles. The first-order chi connectivity index (χ1) is 6.77. The Balaban J connectivity index is 2.88. The van der Waals surface area contributed by atoms with E-state index in [1.54, 1.807) is 6.92 Å². The molecule has 3 nitrogen and oxygen atoms in total. The highest BCUT2D eigenvalue weighted by Gasteiger charge is 1.94. The summed E-state index contributed by atoms with van der Waals surface area (Å²) in [5, 5.41) is 8.50. The van der Waals surface area contributed by atoms with E-state index >= 15 is 0 Å². The molecular weight excluding hydrogens is 180 g/mol. The van der Waals surface area contributed by atoms with Crippen LogP contribution < -0.4 is 0 Å². The largest absolute Gasteiger partial charge is 0.396 e. The molecule has 0 bridgehead atoms. The number of hydrogen-bond acceptors (Lipinski definition) is 3. The quantitative estimate of drug-likeness (QED) is 0.550. The number of ketones is 1. The van der Waals surface area contributed by atoms with E-state index in [2.05, 4.69) is 0 Å². The molecule has 1 N–H and O–H groups in total. The molecule has 3 heteroatoms. The maximum Gasteiger partial charge on any atom is 0.129 e. The van der Waals surface area contributed by atoms with Crippen molar-refractivity contribution in [2.75, 3.05) is 19.8 Å². The Morgan fingerprint density at radius 3 is 2.29 bits per heavy atom. The second-order valence-electron chi connectivity index (χ2n) is 3.56. The Kier molecular flexibility index (Phi) is 10.4. The molecule has 0 aromatic rings. The second-order valence-corrected chi connectivity index (χ2v) is 3.56. The summed E-state index contributed by atoms with van der Waals surface area (Å²) in [5.41, 5.74) is 0. The molecule has 0 saturated heterocycles. The van der Waals surface area contributed by atoms with Crippen molar-refractivity contribution in [1.82, 2.24) is 0 Å². The minimum atomic E-state index is 0.252. The van der Waals surface area contributed by atoms with E-state index in [0.717, 1.165) is 45.3 Å². The Hall–Kier alpha value is -0.410. The van der Waals surface area contributed by atoms with E-state index in [1.807, 2.05) is 0 Å². The molecular formula is C11H22O3. The van der Waals surface area contributed by atoms with E-state index < -0.39 is 0 Å². The van der Waals surface area contributed by atoms with E-state index in [1.165, 1.54) is 0 Å². The molecule has 14 heavy (non-hydrogen) atoms. The average molecular weight is 202 g/mol. The number of unbranched alkanes of at least 4 members (excludes halogenated alkanes) is 3. The van der Waals surface area contributed by atoms with E-state index in [-0.39, 0.29) is 12.4 Å². The van der Waals surface area contributed by atoms with Crippen LogP contribution in [0, 0.1) is 0 Å². The molecule has 84 valence electrons. The first kappa shape index (κ1) is 13.6. The van der Waals surface area contributed by atoms with Gasteiger partial charge in [0.15, 0.2) is 0 Å². The van der Waals surface area contributed by atoms with E-state index in [9.17, 15) is 4.79 Å². The number of ether oxygens (including phenoxy) is 1. The molecule has 0 saturated carbocycles. The average Bonchev–Trinajstić information content (AvgIpc) is 2.15. The summed E-state index contributed by atoms with van der Waals surface area (Å²) in [6, 6.07) is 0. The van der Waals surface area contributed by atoms with Crippen molar-refractivity contribution in [2.45, 2.75) is 45.4 Å². The van der Waals surface area contributed by atoms with Gasteiger partial charge in [-0.25, -0.2) is 0 Å². The molecule has 0 amide bonds. The number of aliphatic hydroxyl groups excluding tert-OH is 1. The van der Waals surface area contributed by atoms with Crippen LogP contribution in [-0.4, -0.2) is 30.7 Å². The van der Waals surface area contributed by atoms with Crippen LogP contribution in [0.3, 0.4) is 0 Å². The zero-order valence-corrected chi connectivity index (χ0v) is 9.13. The van der Waals surface area contributed by atoms with Gasteiger partial charge in [0, 0.05) is 26.2 Å². The summed E-state index contributed by atoms with van der Waals surface area (Å²) in [7, 11) is 0. The van der Waals surface area contributed by atoms with Gasteiger partial charge in [-0.3, -0.25) is 0 Å². The van der Waals surface area contributed by atoms with Crippen LogP contribution >= 0.6 is 0 Å². The predicted octanol–water partition coefficient (Wildman–Crippen LogP) is 1.92. The van der Waals surface area contributed by atoms with Crippen LogP contribution in [0.2, 0.25) is 0 Å². The lowest BCUT2D eigenvalue weighted by Gasteiger charge is -2.02. The number of hydrogen-bond donors (Lipinski definition) is 1. The minimum absolute atomic E-state index is 0.252. The molecule has 0 aliphatic rings. The molecule has 0 aliphatic heterocycles. The van der Waals surface area contributed by atoms with Gasteiger partial charge >= 0.3 is 0 Å². The van der Waals surface area contributed by atoms with Crippen molar-refractivity contribution in [3.8, 4) is 0 Å². The summed E-state index contributed by atoms with van der Waals surface area (Å²) >= 11 is 0. The second kappa shape index (κ2) is 10.7. The zero-order chi connectivity index (χ0) is 10.6. The normalized spacial score (nSPS) is 10.4. The fraction of sp³-hybridized carbons (Fsp3) is 0.909. The number of rotatable bonds is 10. The van der Waals surface area contributed by atoms with Gasteiger partial charge < -0.3 is 14.6 Å². The van der Waals surface area contributed by atoms with Gasteiger partial charge in [-0.1, -0.05) is 6.42 Å². The Labute approximate surface area is 86.5 Å². The summed E-state index contributed by atoms with van der Waals surface area (Å²) in [4.78, 5) is 10.6. The summed E-state index contributed by atoms with van der Waals surface area (Å²) < 4.78 is 5.35. The minimum Gasteiger partial charge on any atom is -0.396 e. The van der Waals surface area contributed by atoms with Crippen molar-refractivity contribution >= 4 is 5.78 Å². The maximum atomic E-state index is 10.6. The van der Waals surface area contributed by atoms with E-state index in [4.69, 9.17) is 9.84 Å². The lowest BCUT2D eigenvalue weighted by atomic mass is 10.1. The van der Waals surface area contributed by atoms with Gasteiger partial charge in [-0.05, 0) is 32.6 Å². The third-order valence-electron chi connectivity index (χ3n) is 2.01. The number of carbonyl (C=O) groups is 1. The standard InChI is InChI=1S/C11H22O3/c1-11(13)7-3-2-5-9-14-10-6-4-8-12/h12H,2-10H2,1H3. The monoisotopic (exact) mass is 202 g/mol. The smallest absolute Gasteiger partial charge is 0.129 e. The van der Waals surface area contributed by atoms with Gasteiger partial charge in [0.2, 0.25) is 0 Å². The molecule has 0 atom stereocenters. The van der Waals surface area contributed by atoms with Crippen molar-refractivity contribution in [2.24, 2.45) is 0 Å². The SMILES string of the molecule is CC(=O)CCCCCOCCCCO. The first-order valence-corrected chi connectivity index (χ1v) is 5.45. The summed E-state index contributed by atoms with van der Waals surface area (Å²) in [5.74, 6) is 0.272. The van der Waals surface area contributed by atoms with Crippen molar-refractivity contribution in [3.63, 3.8) is 0 Å². The maximum absolute atomic E-state index is 10.6. The van der Waals surface area contributed by atoms with Crippen molar-refractivity contribution in [1.29, 1.82) is 0 Å². The third-order valence-corrected chi connectivity index (χ3v) is 2.01. The Morgan fingerprint density at radius 1 is 1.07 bits per heavy atom. The number of Topliss-reactive ketones (excluding diaryl/α,β-unsaturated/α-hetero) is 1. The van der Waals surface area contributed by atoms with Gasteiger partial charge in [0.1, 0.15) is 5.78 Å². The number of carbonyl (C=O) groups excluding carboxylic acids is 1. The highest BCUT2D eigenvalue weighted by atomic mass is 16.5. The fourth-order valence-electron chi connectivity index (χ4n) is 1.17. The van der Waals surface area contributed by atoms with Crippen molar-refractivity contribution < 1.29 is 14.6 Å². The fourth-order valence-corrected chi connectivity index (χ4v) is 1.17. The van der Waals surface area contributed by atoms with Crippen LogP contribution in [0.4, 0.5) is 0 Å². The zero-order valence-electron chi connectivity index (χ0n) is 9.13.